The van der Waals surface area contributed by atoms with Gasteiger partial charge in [0.15, 0.2) is 0 Å². The van der Waals surface area contributed by atoms with E-state index >= 15 is 0 Å². The Morgan fingerprint density at radius 3 is 2.13 bits per heavy atom. The molecule has 0 aliphatic carbocycles. The molecule has 3 rings (SSSR count). The molecule has 0 saturated carbocycles. The van der Waals surface area contributed by atoms with E-state index in [1.807, 2.05) is 72.8 Å². The monoisotopic (exact) mass is 303 g/mol. The minimum Gasteiger partial charge on any atom is -0.478 e. The quantitative estimate of drug-likeness (QED) is 0.720. The van der Waals surface area contributed by atoms with Crippen molar-refractivity contribution < 1.29 is 9.90 Å². The Kier molecular flexibility index (Phi) is 4.39. The van der Waals surface area contributed by atoms with Gasteiger partial charge in [-0.25, -0.2) is 4.79 Å². The SMILES string of the molecule is O=C(O)c1ccc(-c2ccccc2)cc1NCc1ccccc1. The first-order chi connectivity index (χ1) is 11.2. The number of anilines is 1. The maximum atomic E-state index is 11.4. The number of hydrogen-bond donors (Lipinski definition) is 2. The summed E-state index contributed by atoms with van der Waals surface area (Å²) in [5.74, 6) is -0.930. The van der Waals surface area contributed by atoms with Crippen molar-refractivity contribution in [2.75, 3.05) is 5.32 Å². The Balaban J connectivity index is 1.91. The molecule has 0 aromatic heterocycles. The fourth-order valence-electron chi connectivity index (χ4n) is 2.48. The predicted molar refractivity (Wildman–Crippen MR) is 92.6 cm³/mol. The summed E-state index contributed by atoms with van der Waals surface area (Å²) in [6.07, 6.45) is 0. The molecule has 3 heteroatoms. The van der Waals surface area contributed by atoms with Gasteiger partial charge >= 0.3 is 5.97 Å². The van der Waals surface area contributed by atoms with Gasteiger partial charge in [0, 0.05) is 12.2 Å². The van der Waals surface area contributed by atoms with Gasteiger partial charge in [-0.05, 0) is 28.8 Å². The maximum Gasteiger partial charge on any atom is 0.337 e. The molecule has 0 unspecified atom stereocenters. The third-order valence-electron chi connectivity index (χ3n) is 3.68. The zero-order chi connectivity index (χ0) is 16.1. The Morgan fingerprint density at radius 1 is 0.826 bits per heavy atom. The van der Waals surface area contributed by atoms with Crippen LogP contribution in [0.1, 0.15) is 15.9 Å². The number of carboxylic acids is 1. The predicted octanol–water partition coefficient (Wildman–Crippen LogP) is 4.66. The first-order valence-electron chi connectivity index (χ1n) is 7.44. The second kappa shape index (κ2) is 6.79. The molecule has 0 heterocycles. The molecular weight excluding hydrogens is 286 g/mol. The molecule has 0 spiro atoms. The van der Waals surface area contributed by atoms with E-state index in [9.17, 15) is 9.90 Å². The summed E-state index contributed by atoms with van der Waals surface area (Å²) in [5.41, 5.74) is 4.07. The van der Waals surface area contributed by atoms with Gasteiger partial charge in [0.2, 0.25) is 0 Å². The lowest BCUT2D eigenvalue weighted by atomic mass is 10.0. The Morgan fingerprint density at radius 2 is 1.48 bits per heavy atom. The van der Waals surface area contributed by atoms with Gasteiger partial charge in [-0.2, -0.15) is 0 Å². The highest BCUT2D eigenvalue weighted by Crippen LogP contribution is 2.26. The smallest absolute Gasteiger partial charge is 0.337 e. The van der Waals surface area contributed by atoms with Crippen LogP contribution < -0.4 is 5.32 Å². The van der Waals surface area contributed by atoms with Crippen molar-refractivity contribution in [2.45, 2.75) is 6.54 Å². The van der Waals surface area contributed by atoms with Gasteiger partial charge in [0.1, 0.15) is 0 Å². The molecule has 3 aromatic carbocycles. The van der Waals surface area contributed by atoms with Gasteiger partial charge in [-0.1, -0.05) is 66.7 Å². The summed E-state index contributed by atoms with van der Waals surface area (Å²) in [6.45, 7) is 0.583. The van der Waals surface area contributed by atoms with E-state index < -0.39 is 5.97 Å². The summed E-state index contributed by atoms with van der Waals surface area (Å²) >= 11 is 0. The molecule has 0 aliphatic rings. The highest BCUT2D eigenvalue weighted by Gasteiger charge is 2.11. The lowest BCUT2D eigenvalue weighted by Gasteiger charge is -2.12. The number of hydrogen-bond acceptors (Lipinski definition) is 2. The molecule has 0 fully saturated rings. The molecule has 2 N–H and O–H groups in total. The van der Waals surface area contributed by atoms with Crippen molar-refractivity contribution in [1.82, 2.24) is 0 Å². The number of carbonyl (C=O) groups is 1. The molecule has 0 bridgehead atoms. The molecule has 0 amide bonds. The Bertz CT molecular complexity index is 798. The highest BCUT2D eigenvalue weighted by molar-refractivity contribution is 5.95. The van der Waals surface area contributed by atoms with E-state index in [2.05, 4.69) is 5.32 Å². The third kappa shape index (κ3) is 3.58. The summed E-state index contributed by atoms with van der Waals surface area (Å²) in [5, 5.41) is 12.6. The molecule has 3 nitrogen and oxygen atoms in total. The summed E-state index contributed by atoms with van der Waals surface area (Å²) in [6, 6.07) is 25.2. The normalized spacial score (nSPS) is 10.3. The van der Waals surface area contributed by atoms with Crippen LogP contribution in [0.15, 0.2) is 78.9 Å². The van der Waals surface area contributed by atoms with E-state index in [0.29, 0.717) is 12.2 Å². The standard InChI is InChI=1S/C20H17NO2/c22-20(23)18-12-11-17(16-9-5-2-6-10-16)13-19(18)21-14-15-7-3-1-4-8-15/h1-13,21H,14H2,(H,22,23). The van der Waals surface area contributed by atoms with Crippen LogP contribution in [-0.2, 0) is 6.54 Å². The molecule has 114 valence electrons. The lowest BCUT2D eigenvalue weighted by molar-refractivity contribution is 0.0698. The van der Waals surface area contributed by atoms with Crippen molar-refractivity contribution in [1.29, 1.82) is 0 Å². The summed E-state index contributed by atoms with van der Waals surface area (Å²) in [7, 11) is 0. The molecule has 23 heavy (non-hydrogen) atoms. The fraction of sp³-hybridized carbons (Fsp3) is 0.0500. The first-order valence-corrected chi connectivity index (χ1v) is 7.44. The average Bonchev–Trinajstić information content (AvgIpc) is 2.61. The number of benzene rings is 3. The van der Waals surface area contributed by atoms with E-state index in [4.69, 9.17) is 0 Å². The first kappa shape index (κ1) is 14.9. The highest BCUT2D eigenvalue weighted by atomic mass is 16.4. The van der Waals surface area contributed by atoms with Crippen LogP contribution in [0, 0.1) is 0 Å². The summed E-state index contributed by atoms with van der Waals surface area (Å²) in [4.78, 5) is 11.4. The van der Waals surface area contributed by atoms with Crippen LogP contribution in [0.3, 0.4) is 0 Å². The Hall–Kier alpha value is -3.07. The van der Waals surface area contributed by atoms with Crippen LogP contribution in [0.4, 0.5) is 5.69 Å². The van der Waals surface area contributed by atoms with Crippen LogP contribution in [-0.4, -0.2) is 11.1 Å². The zero-order valence-electron chi connectivity index (χ0n) is 12.6. The van der Waals surface area contributed by atoms with Gasteiger partial charge in [0.05, 0.1) is 5.56 Å². The zero-order valence-corrected chi connectivity index (χ0v) is 12.6. The molecule has 3 aromatic rings. The van der Waals surface area contributed by atoms with Crippen LogP contribution in [0.25, 0.3) is 11.1 Å². The molecule has 0 aliphatic heterocycles. The van der Waals surface area contributed by atoms with Crippen LogP contribution in [0.5, 0.6) is 0 Å². The van der Waals surface area contributed by atoms with Crippen LogP contribution in [0.2, 0.25) is 0 Å². The minimum absolute atomic E-state index is 0.278. The van der Waals surface area contributed by atoms with Crippen molar-refractivity contribution in [2.24, 2.45) is 0 Å². The van der Waals surface area contributed by atoms with Crippen molar-refractivity contribution in [3.63, 3.8) is 0 Å². The van der Waals surface area contributed by atoms with E-state index in [-0.39, 0.29) is 5.56 Å². The molecule has 0 saturated heterocycles. The second-order valence-electron chi connectivity index (χ2n) is 5.27. The maximum absolute atomic E-state index is 11.4. The Labute approximate surface area is 135 Å². The minimum atomic E-state index is -0.930. The van der Waals surface area contributed by atoms with Gasteiger partial charge in [-0.3, -0.25) is 0 Å². The van der Waals surface area contributed by atoms with Crippen molar-refractivity contribution >= 4 is 11.7 Å². The van der Waals surface area contributed by atoms with E-state index in [1.165, 1.54) is 0 Å². The second-order valence-corrected chi connectivity index (χ2v) is 5.27. The number of rotatable bonds is 5. The van der Waals surface area contributed by atoms with Gasteiger partial charge in [0.25, 0.3) is 0 Å². The van der Waals surface area contributed by atoms with Gasteiger partial charge < -0.3 is 10.4 Å². The number of carboxylic acid groups (broad SMARTS) is 1. The summed E-state index contributed by atoms with van der Waals surface area (Å²) < 4.78 is 0. The fourth-order valence-corrected chi connectivity index (χ4v) is 2.48. The topological polar surface area (TPSA) is 49.3 Å². The molecule has 0 radical (unpaired) electrons. The molecule has 0 atom stereocenters. The lowest BCUT2D eigenvalue weighted by Crippen LogP contribution is -2.06. The van der Waals surface area contributed by atoms with Crippen LogP contribution >= 0.6 is 0 Å². The van der Waals surface area contributed by atoms with Crippen molar-refractivity contribution in [3.05, 3.63) is 90.0 Å². The van der Waals surface area contributed by atoms with Crippen molar-refractivity contribution in [3.8, 4) is 11.1 Å². The molecular formula is C20H17NO2. The van der Waals surface area contributed by atoms with E-state index in [1.54, 1.807) is 6.07 Å². The number of aromatic carboxylic acids is 1. The van der Waals surface area contributed by atoms with Gasteiger partial charge in [-0.15, -0.1) is 0 Å². The average molecular weight is 303 g/mol. The number of nitrogens with one attached hydrogen (secondary N) is 1. The third-order valence-corrected chi connectivity index (χ3v) is 3.68. The van der Waals surface area contributed by atoms with E-state index in [0.717, 1.165) is 16.7 Å². The largest absolute Gasteiger partial charge is 0.478 e.